The molecule has 0 bridgehead atoms. The van der Waals surface area contributed by atoms with Gasteiger partial charge in [-0.25, -0.2) is 4.98 Å². The Labute approximate surface area is 159 Å². The minimum Gasteiger partial charge on any atom is -0.492 e. The van der Waals surface area contributed by atoms with Crippen LogP contribution in [0.4, 0.5) is 0 Å². The average molecular weight is 374 g/mol. The largest absolute Gasteiger partial charge is 0.492 e. The van der Waals surface area contributed by atoms with Gasteiger partial charge in [0, 0.05) is 11.7 Å². The van der Waals surface area contributed by atoms with Gasteiger partial charge in [-0.2, -0.15) is 0 Å². The first-order valence-electron chi connectivity index (χ1n) is 9.28. The molecule has 1 fully saturated rings. The van der Waals surface area contributed by atoms with Crippen molar-refractivity contribution in [3.05, 3.63) is 41.7 Å². The number of imidazole rings is 1. The number of nitrogens with zero attached hydrogens (tertiary/aromatic N) is 2. The van der Waals surface area contributed by atoms with Crippen molar-refractivity contribution in [1.82, 2.24) is 14.9 Å². The molecular formula is C20H27N3O2S. The number of hydrogen-bond donors (Lipinski definition) is 1. The van der Waals surface area contributed by atoms with Crippen LogP contribution in [0.3, 0.4) is 0 Å². The van der Waals surface area contributed by atoms with Crippen molar-refractivity contribution in [3.63, 3.8) is 0 Å². The van der Waals surface area contributed by atoms with Gasteiger partial charge >= 0.3 is 0 Å². The monoisotopic (exact) mass is 373 g/mol. The molecule has 0 saturated heterocycles. The van der Waals surface area contributed by atoms with Crippen LogP contribution in [0.5, 0.6) is 5.75 Å². The zero-order valence-corrected chi connectivity index (χ0v) is 16.3. The Hall–Kier alpha value is -1.95. The van der Waals surface area contributed by atoms with E-state index in [1.54, 1.807) is 0 Å². The van der Waals surface area contributed by atoms with Gasteiger partial charge in [0.1, 0.15) is 12.4 Å². The van der Waals surface area contributed by atoms with E-state index in [0.29, 0.717) is 24.9 Å². The predicted molar refractivity (Wildman–Crippen MR) is 105 cm³/mol. The molecule has 0 spiro atoms. The van der Waals surface area contributed by atoms with Gasteiger partial charge in [-0.3, -0.25) is 4.79 Å². The maximum atomic E-state index is 12.1. The van der Waals surface area contributed by atoms with Crippen molar-refractivity contribution in [1.29, 1.82) is 0 Å². The van der Waals surface area contributed by atoms with Crippen molar-refractivity contribution in [2.24, 2.45) is 0 Å². The number of nitrogens with one attached hydrogen (secondary N) is 1. The third-order valence-corrected chi connectivity index (χ3v) is 5.77. The smallest absolute Gasteiger partial charge is 0.230 e. The maximum absolute atomic E-state index is 12.1. The molecule has 1 aliphatic rings. The molecule has 3 rings (SSSR count). The van der Waals surface area contributed by atoms with E-state index < -0.39 is 0 Å². The van der Waals surface area contributed by atoms with E-state index in [9.17, 15) is 4.79 Å². The molecule has 1 N–H and O–H groups in total. The van der Waals surface area contributed by atoms with Crippen molar-refractivity contribution in [2.45, 2.75) is 50.7 Å². The van der Waals surface area contributed by atoms with Crippen LogP contribution in [0.2, 0.25) is 0 Å². The van der Waals surface area contributed by atoms with E-state index in [1.165, 1.54) is 43.1 Å². The Morgan fingerprint density at radius 3 is 2.73 bits per heavy atom. The summed E-state index contributed by atoms with van der Waals surface area (Å²) in [7, 11) is 0. The van der Waals surface area contributed by atoms with Crippen LogP contribution in [0.1, 0.15) is 43.1 Å². The molecular weight excluding hydrogens is 346 g/mol. The summed E-state index contributed by atoms with van der Waals surface area (Å²) in [6.45, 7) is 5.15. The van der Waals surface area contributed by atoms with Crippen molar-refractivity contribution < 1.29 is 9.53 Å². The molecule has 1 aromatic carbocycles. The standard InChI is InChI=1S/C20H27N3O2S/c1-15-16(2)23(17-8-6-7-9-17)20(22-15)26-14-19(24)21-12-13-25-18-10-4-3-5-11-18/h3-5,10-11,17H,6-9,12-14H2,1-2H3,(H,21,24). The minimum atomic E-state index is 0.0166. The molecule has 0 aliphatic heterocycles. The van der Waals surface area contributed by atoms with Gasteiger partial charge in [-0.15, -0.1) is 0 Å². The van der Waals surface area contributed by atoms with E-state index >= 15 is 0 Å². The summed E-state index contributed by atoms with van der Waals surface area (Å²) in [5.41, 5.74) is 2.30. The highest BCUT2D eigenvalue weighted by molar-refractivity contribution is 7.99. The first-order valence-corrected chi connectivity index (χ1v) is 10.3. The molecule has 2 aromatic rings. The Bertz CT molecular complexity index is 724. The maximum Gasteiger partial charge on any atom is 0.230 e. The minimum absolute atomic E-state index is 0.0166. The molecule has 1 aromatic heterocycles. The second-order valence-electron chi connectivity index (χ2n) is 6.67. The number of aromatic nitrogens is 2. The number of aryl methyl sites for hydroxylation is 1. The molecule has 140 valence electrons. The van der Waals surface area contributed by atoms with E-state index in [2.05, 4.69) is 21.8 Å². The Balaban J connectivity index is 1.45. The molecule has 5 nitrogen and oxygen atoms in total. The molecule has 6 heteroatoms. The summed E-state index contributed by atoms with van der Waals surface area (Å²) in [6.07, 6.45) is 5.00. The molecule has 1 aliphatic carbocycles. The lowest BCUT2D eigenvalue weighted by Gasteiger charge is -2.16. The van der Waals surface area contributed by atoms with Crippen LogP contribution >= 0.6 is 11.8 Å². The van der Waals surface area contributed by atoms with Crippen LogP contribution in [-0.4, -0.2) is 34.4 Å². The summed E-state index contributed by atoms with van der Waals surface area (Å²) in [5, 5.41) is 3.89. The number of carbonyl (C=O) groups is 1. The van der Waals surface area contributed by atoms with E-state index in [-0.39, 0.29) is 5.91 Å². The van der Waals surface area contributed by atoms with Gasteiger partial charge in [0.2, 0.25) is 5.91 Å². The second-order valence-corrected chi connectivity index (χ2v) is 7.62. The topological polar surface area (TPSA) is 56.1 Å². The molecule has 0 radical (unpaired) electrons. The lowest BCUT2D eigenvalue weighted by atomic mass is 10.2. The van der Waals surface area contributed by atoms with Gasteiger partial charge in [0.05, 0.1) is 18.0 Å². The Kier molecular flexibility index (Phi) is 6.61. The molecule has 0 unspecified atom stereocenters. The summed E-state index contributed by atoms with van der Waals surface area (Å²) < 4.78 is 7.93. The van der Waals surface area contributed by atoms with Gasteiger partial charge < -0.3 is 14.6 Å². The van der Waals surface area contributed by atoms with Crippen LogP contribution in [0.15, 0.2) is 35.5 Å². The van der Waals surface area contributed by atoms with Crippen LogP contribution in [-0.2, 0) is 4.79 Å². The van der Waals surface area contributed by atoms with Crippen molar-refractivity contribution in [2.75, 3.05) is 18.9 Å². The van der Waals surface area contributed by atoms with Crippen LogP contribution < -0.4 is 10.1 Å². The number of benzene rings is 1. The summed E-state index contributed by atoms with van der Waals surface area (Å²) in [4.78, 5) is 16.8. The van der Waals surface area contributed by atoms with E-state index in [1.807, 2.05) is 37.3 Å². The third-order valence-electron chi connectivity index (χ3n) is 4.81. The number of carbonyl (C=O) groups excluding carboxylic acids is 1. The summed E-state index contributed by atoms with van der Waals surface area (Å²) in [6, 6.07) is 10.2. The summed E-state index contributed by atoms with van der Waals surface area (Å²) >= 11 is 1.53. The zero-order chi connectivity index (χ0) is 18.4. The number of para-hydroxylation sites is 1. The number of ether oxygens (including phenoxy) is 1. The van der Waals surface area contributed by atoms with Crippen LogP contribution in [0, 0.1) is 13.8 Å². The first kappa shape index (κ1) is 18.8. The van der Waals surface area contributed by atoms with Crippen molar-refractivity contribution in [3.8, 4) is 5.75 Å². The SMILES string of the molecule is Cc1nc(SCC(=O)NCCOc2ccccc2)n(C2CCCC2)c1C. The number of thioether (sulfide) groups is 1. The predicted octanol–water partition coefficient (Wildman–Crippen LogP) is 3.90. The highest BCUT2D eigenvalue weighted by Gasteiger charge is 2.23. The number of rotatable bonds is 8. The Morgan fingerprint density at radius 2 is 2.00 bits per heavy atom. The lowest BCUT2D eigenvalue weighted by molar-refractivity contribution is -0.118. The second kappa shape index (κ2) is 9.12. The van der Waals surface area contributed by atoms with Gasteiger partial charge in [-0.05, 0) is 38.8 Å². The summed E-state index contributed by atoms with van der Waals surface area (Å²) in [5.74, 6) is 1.22. The lowest BCUT2D eigenvalue weighted by Crippen LogP contribution is -2.29. The van der Waals surface area contributed by atoms with E-state index in [0.717, 1.165) is 16.6 Å². The fourth-order valence-electron chi connectivity index (χ4n) is 3.35. The average Bonchev–Trinajstić information content (AvgIpc) is 3.26. The molecule has 1 heterocycles. The highest BCUT2D eigenvalue weighted by Crippen LogP contribution is 2.35. The van der Waals surface area contributed by atoms with Crippen LogP contribution in [0.25, 0.3) is 0 Å². The first-order chi connectivity index (χ1) is 12.6. The zero-order valence-electron chi connectivity index (χ0n) is 15.5. The van der Waals surface area contributed by atoms with Crippen molar-refractivity contribution >= 4 is 17.7 Å². The quantitative estimate of drug-likeness (QED) is 0.563. The highest BCUT2D eigenvalue weighted by atomic mass is 32.2. The normalized spacial score (nSPS) is 14.5. The van der Waals surface area contributed by atoms with Gasteiger partial charge in [0.25, 0.3) is 0 Å². The molecule has 1 saturated carbocycles. The van der Waals surface area contributed by atoms with E-state index in [4.69, 9.17) is 4.74 Å². The fourth-order valence-corrected chi connectivity index (χ4v) is 4.34. The third kappa shape index (κ3) is 4.81. The number of amides is 1. The fraction of sp³-hybridized carbons (Fsp3) is 0.500. The number of hydrogen-bond acceptors (Lipinski definition) is 4. The molecule has 0 atom stereocenters. The van der Waals surface area contributed by atoms with Gasteiger partial charge in [0.15, 0.2) is 5.16 Å². The molecule has 26 heavy (non-hydrogen) atoms. The van der Waals surface area contributed by atoms with Gasteiger partial charge in [-0.1, -0.05) is 42.8 Å². The molecule has 1 amide bonds. The Morgan fingerprint density at radius 1 is 1.27 bits per heavy atom.